The fourth-order valence-electron chi connectivity index (χ4n) is 6.11. The van der Waals surface area contributed by atoms with Gasteiger partial charge in [0, 0.05) is 0 Å². The Labute approximate surface area is 307 Å². The predicted octanol–water partition coefficient (Wildman–Crippen LogP) is -10.8. The molecule has 4 aliphatic heterocycles. The summed E-state index contributed by atoms with van der Waals surface area (Å²) in [5, 5.41) is 123. The lowest BCUT2D eigenvalue weighted by Gasteiger charge is -2.49. The lowest BCUT2D eigenvalue weighted by atomic mass is 9.94. The molecule has 320 valence electrons. The van der Waals surface area contributed by atoms with Crippen molar-refractivity contribution in [2.24, 2.45) is 0 Å². The van der Waals surface area contributed by atoms with Crippen LogP contribution in [0.3, 0.4) is 0 Å². The van der Waals surface area contributed by atoms with E-state index < -0.39 is 168 Å². The molecular weight excluding hydrogens is 812 g/mol. The third-order valence-electron chi connectivity index (χ3n) is 8.77. The fraction of sp³-hybridized carbons (Fsp3) is 0.917. The number of hydrogen-bond acceptors (Lipinski definition) is 23. The Morgan fingerprint density at radius 3 is 1.38 bits per heavy atom. The van der Waals surface area contributed by atoms with E-state index in [9.17, 15) is 96.8 Å². The molecule has 29 nitrogen and oxygen atoms in total. The van der Waals surface area contributed by atoms with Gasteiger partial charge < -0.3 is 94.4 Å². The lowest BCUT2D eigenvalue weighted by molar-refractivity contribution is -0.370. The molecule has 4 aliphatic rings. The summed E-state index contributed by atoms with van der Waals surface area (Å²) in [5.41, 5.74) is 0. The van der Waals surface area contributed by atoms with Gasteiger partial charge in [0.1, 0.15) is 85.3 Å². The summed E-state index contributed by atoms with van der Waals surface area (Å²) in [6, 6.07) is -4.49. The zero-order chi connectivity index (χ0) is 41.5. The van der Waals surface area contributed by atoms with Crippen molar-refractivity contribution in [1.29, 1.82) is 0 Å². The highest BCUT2D eigenvalue weighted by atomic mass is 32.2. The summed E-state index contributed by atoms with van der Waals surface area (Å²) in [6.07, 6.45) is -40.6. The molecule has 4 saturated heterocycles. The van der Waals surface area contributed by atoms with Crippen LogP contribution in [0.25, 0.3) is 0 Å². The van der Waals surface area contributed by atoms with Crippen molar-refractivity contribution < 1.29 is 130 Å². The average Bonchev–Trinajstić information content (AvgIpc) is 3.08. The van der Waals surface area contributed by atoms with Crippen molar-refractivity contribution in [3.63, 3.8) is 0 Å². The topological polar surface area (TPSA) is 474 Å². The zero-order valence-electron chi connectivity index (χ0n) is 27.3. The molecule has 0 aliphatic carbocycles. The van der Waals surface area contributed by atoms with Crippen LogP contribution in [0.4, 0.5) is 0 Å². The minimum atomic E-state index is -5.39. The monoisotopic (exact) mass is 852 g/mol. The Bertz CT molecular complexity index is 1560. The maximum Gasteiger partial charge on any atom is 0.335 e. The molecule has 0 radical (unpaired) electrons. The number of carboxylic acid groups (broad SMARTS) is 2. The smallest absolute Gasteiger partial charge is 0.335 e. The zero-order valence-corrected chi connectivity index (χ0v) is 29.0. The van der Waals surface area contributed by atoms with Crippen molar-refractivity contribution in [2.45, 2.75) is 123 Å². The third-order valence-corrected chi connectivity index (χ3v) is 9.91. The predicted molar refractivity (Wildman–Crippen MR) is 160 cm³/mol. The van der Waals surface area contributed by atoms with E-state index in [4.69, 9.17) is 33.2 Å². The molecule has 16 N–H and O–H groups in total. The molecule has 0 aromatic heterocycles. The molecular formula is C24H40N2O27S2. The van der Waals surface area contributed by atoms with Crippen molar-refractivity contribution in [1.82, 2.24) is 9.44 Å². The molecule has 4 rings (SSSR count). The largest absolute Gasteiger partial charge is 0.479 e. The first kappa shape index (κ1) is 45.7. The van der Waals surface area contributed by atoms with E-state index in [0.717, 1.165) is 0 Å². The molecule has 1 unspecified atom stereocenters. The van der Waals surface area contributed by atoms with Crippen LogP contribution >= 0.6 is 0 Å². The van der Waals surface area contributed by atoms with Gasteiger partial charge in [0.15, 0.2) is 37.4 Å². The summed E-state index contributed by atoms with van der Waals surface area (Å²) in [4.78, 5) is 24.1. The molecule has 20 atom stereocenters. The van der Waals surface area contributed by atoms with Crippen LogP contribution < -0.4 is 9.44 Å². The van der Waals surface area contributed by atoms with Crippen LogP contribution in [0.1, 0.15) is 0 Å². The van der Waals surface area contributed by atoms with Gasteiger partial charge in [-0.15, -0.1) is 0 Å². The minimum absolute atomic E-state index is 1.04. The molecule has 55 heavy (non-hydrogen) atoms. The van der Waals surface area contributed by atoms with E-state index in [0.29, 0.717) is 0 Å². The van der Waals surface area contributed by atoms with E-state index in [2.05, 4.69) is 0 Å². The molecule has 0 aromatic rings. The second-order valence-corrected chi connectivity index (χ2v) is 14.8. The van der Waals surface area contributed by atoms with Gasteiger partial charge in [-0.05, 0) is 0 Å². The van der Waals surface area contributed by atoms with Crippen LogP contribution in [0.2, 0.25) is 0 Å². The number of nitrogens with one attached hydrogen (secondary N) is 2. The van der Waals surface area contributed by atoms with Gasteiger partial charge in [0.25, 0.3) is 0 Å². The molecule has 31 heteroatoms. The number of aliphatic hydroxyl groups excluding tert-OH is 10. The summed E-state index contributed by atoms with van der Waals surface area (Å²) < 4.78 is 105. The first-order valence-corrected chi connectivity index (χ1v) is 18.5. The van der Waals surface area contributed by atoms with Gasteiger partial charge in [0.2, 0.25) is 0 Å². The van der Waals surface area contributed by atoms with Crippen molar-refractivity contribution in [2.75, 3.05) is 13.2 Å². The molecule has 4 fully saturated rings. The van der Waals surface area contributed by atoms with Crippen LogP contribution in [0.15, 0.2) is 0 Å². The first-order valence-electron chi connectivity index (χ1n) is 15.6. The molecule has 0 amide bonds. The second kappa shape index (κ2) is 17.9. The highest BCUT2D eigenvalue weighted by molar-refractivity contribution is 7.84. The number of aliphatic carboxylic acids is 2. The Balaban J connectivity index is 1.60. The summed E-state index contributed by atoms with van der Waals surface area (Å²) in [7, 11) is -10.6. The number of carbonyl (C=O) groups is 2. The van der Waals surface area contributed by atoms with Crippen molar-refractivity contribution in [3.05, 3.63) is 0 Å². The second-order valence-electron chi connectivity index (χ2n) is 12.5. The summed E-state index contributed by atoms with van der Waals surface area (Å²) in [5.74, 6) is -3.91. The lowest BCUT2D eigenvalue weighted by Crippen LogP contribution is -2.70. The number of carboxylic acids is 2. The standard InChI is InChI=1S/C24H40N2O27S2/c27-1-3-7(29)8(30)5(25-54(41,42)43)22(47-3)52-16-11(33)13(35)24(53-18(16)20(38)39)50-14-4(2-28)48-23(6(9(14)31)26-55(44,45)46)51-15-10(32)12(34)21(40)49-17(15)19(36)37/h3-18,21-35,40H,1-2H2,(H,36,37)(H,38,39)(H,41,42,43)(H,44,45,46)/t3-,4-,5-,6-,7-,8-,9-,10-,11-,12-,13-,14-,15+,16+,17+,18-,21?,22-,23-,24-/m1/s1. The van der Waals surface area contributed by atoms with Gasteiger partial charge in [-0.1, -0.05) is 0 Å². The third kappa shape index (κ3) is 10.4. The molecule has 0 spiro atoms. The molecule has 4 heterocycles. The van der Waals surface area contributed by atoms with Crippen LogP contribution in [0, 0.1) is 0 Å². The van der Waals surface area contributed by atoms with Gasteiger partial charge in [0.05, 0.1) is 13.2 Å². The number of hydrogen-bond donors (Lipinski definition) is 16. The SMILES string of the molecule is O=C(O)[C@H]1OC(O)[C@H](O)[C@@H](O)[C@@H]1O[C@H]1O[C@H](CO)[C@@H](O[C@@H]2O[C@@H](C(=O)O)[C@@H](O[C@H]3O[C@H](CO)[C@@H](O)[C@H](O)[C@H]3NS(=O)(=O)O)[C@H](O)[C@H]2O)[C@H](O)[C@H]1NS(=O)(=O)O. The quantitative estimate of drug-likeness (QED) is 0.0721. The molecule has 0 saturated carbocycles. The van der Waals surface area contributed by atoms with Gasteiger partial charge in [-0.2, -0.15) is 26.3 Å². The van der Waals surface area contributed by atoms with Gasteiger partial charge in [-0.3, -0.25) is 9.11 Å². The Morgan fingerprint density at radius 1 is 0.509 bits per heavy atom. The van der Waals surface area contributed by atoms with E-state index in [1.165, 1.54) is 9.44 Å². The number of rotatable bonds is 14. The average molecular weight is 853 g/mol. The normalized spacial score (nSPS) is 45.9. The van der Waals surface area contributed by atoms with Crippen LogP contribution in [0.5, 0.6) is 0 Å². The summed E-state index contributed by atoms with van der Waals surface area (Å²) in [6.45, 7) is -2.27. The first-order chi connectivity index (χ1) is 25.4. The Hall–Kier alpha value is -2.00. The fourth-order valence-corrected chi connectivity index (χ4v) is 7.30. The Morgan fingerprint density at radius 2 is 0.927 bits per heavy atom. The number of aliphatic hydroxyl groups is 10. The number of ether oxygens (including phenoxy) is 7. The van der Waals surface area contributed by atoms with E-state index in [1.54, 1.807) is 0 Å². The van der Waals surface area contributed by atoms with Crippen LogP contribution in [-0.4, -0.2) is 235 Å². The highest BCUT2D eigenvalue weighted by Crippen LogP contribution is 2.34. The maximum atomic E-state index is 12.3. The minimum Gasteiger partial charge on any atom is -0.479 e. The summed E-state index contributed by atoms with van der Waals surface area (Å²) >= 11 is 0. The van der Waals surface area contributed by atoms with E-state index >= 15 is 0 Å². The highest BCUT2D eigenvalue weighted by Gasteiger charge is 2.57. The van der Waals surface area contributed by atoms with E-state index in [1.807, 2.05) is 0 Å². The van der Waals surface area contributed by atoms with Crippen LogP contribution in [-0.2, 0) is 63.4 Å². The Kier molecular flexibility index (Phi) is 14.8. The van der Waals surface area contributed by atoms with Gasteiger partial charge >= 0.3 is 32.5 Å². The maximum absolute atomic E-state index is 12.3. The van der Waals surface area contributed by atoms with Crippen molar-refractivity contribution >= 4 is 32.5 Å². The van der Waals surface area contributed by atoms with E-state index in [-0.39, 0.29) is 0 Å². The molecule has 0 aromatic carbocycles. The molecule has 0 bridgehead atoms. The van der Waals surface area contributed by atoms with Gasteiger partial charge in [-0.25, -0.2) is 9.59 Å². The van der Waals surface area contributed by atoms with Crippen molar-refractivity contribution in [3.8, 4) is 0 Å².